The molecule has 160 valence electrons. The summed E-state index contributed by atoms with van der Waals surface area (Å²) in [6, 6.07) is 0. The minimum Gasteiger partial charge on any atom is -0.356 e. The zero-order valence-electron chi connectivity index (χ0n) is 17.3. The molecule has 1 heterocycles. The lowest BCUT2D eigenvalue weighted by Crippen LogP contribution is -2.42. The number of hydrogen-bond acceptors (Lipinski definition) is 5. The minimum atomic E-state index is -0.347. The van der Waals surface area contributed by atoms with Crippen LogP contribution in [0.2, 0.25) is 0 Å². The van der Waals surface area contributed by atoms with Gasteiger partial charge < -0.3 is 26.2 Å². The molecule has 0 aromatic rings. The lowest BCUT2D eigenvalue weighted by molar-refractivity contribution is -0.132. The van der Waals surface area contributed by atoms with E-state index in [2.05, 4.69) is 21.3 Å². The molecule has 0 aromatic carbocycles. The van der Waals surface area contributed by atoms with E-state index in [-0.39, 0.29) is 35.5 Å². The fourth-order valence-electron chi connectivity index (χ4n) is 3.25. The first kappa shape index (κ1) is 23.9. The summed E-state index contributed by atoms with van der Waals surface area (Å²) in [5.74, 6) is -0.979. The van der Waals surface area contributed by atoms with Gasteiger partial charge in [-0.25, -0.2) is 0 Å². The molecule has 0 bridgehead atoms. The first-order valence-electron chi connectivity index (χ1n) is 10.0. The Labute approximate surface area is 167 Å². The minimum absolute atomic E-state index is 0.0537. The molecule has 28 heavy (non-hydrogen) atoms. The highest BCUT2D eigenvalue weighted by Gasteiger charge is 2.40. The largest absolute Gasteiger partial charge is 0.356 e. The molecule has 9 heteroatoms. The molecule has 0 saturated carbocycles. The van der Waals surface area contributed by atoms with Gasteiger partial charge in [0.2, 0.25) is 23.6 Å². The van der Waals surface area contributed by atoms with Gasteiger partial charge in [0, 0.05) is 53.1 Å². The molecule has 0 spiro atoms. The van der Waals surface area contributed by atoms with Gasteiger partial charge in [0.1, 0.15) is 0 Å². The Balaban J connectivity index is 2.29. The number of rotatable bonds is 12. The van der Waals surface area contributed by atoms with Crippen LogP contribution in [0.15, 0.2) is 0 Å². The number of nitrogens with zero attached hydrogens (tertiary/aromatic N) is 1. The summed E-state index contributed by atoms with van der Waals surface area (Å²) in [7, 11) is 1.91. The van der Waals surface area contributed by atoms with Gasteiger partial charge in [-0.15, -0.1) is 0 Å². The summed E-state index contributed by atoms with van der Waals surface area (Å²) in [5.41, 5.74) is 0. The predicted molar refractivity (Wildman–Crippen MR) is 106 cm³/mol. The van der Waals surface area contributed by atoms with Crippen LogP contribution >= 0.6 is 0 Å². The quantitative estimate of drug-likeness (QED) is 0.322. The maximum Gasteiger partial charge on any atom is 0.225 e. The number of hydrogen-bond donors (Lipinski definition) is 4. The number of likely N-dealkylation sites (tertiary alicyclic amines) is 1. The predicted octanol–water partition coefficient (Wildman–Crippen LogP) is -0.771. The van der Waals surface area contributed by atoms with E-state index < -0.39 is 0 Å². The monoisotopic (exact) mass is 397 g/mol. The highest BCUT2D eigenvalue weighted by Crippen LogP contribution is 2.22. The standard InChI is InChI=1S/C19H35N5O4/c1-14(25)20-8-4-6-10-22-18(27)16-12-24(3)13-17(16)19(28)23-11-7-5-9-21-15(2)26/h16-17H,4-13H2,1-3H3,(H,20,25)(H,21,26)(H,22,27)(H,23,28)/t16-,17-/m1/s1. The molecule has 1 aliphatic rings. The van der Waals surface area contributed by atoms with Crippen LogP contribution in [-0.4, -0.2) is 74.8 Å². The van der Waals surface area contributed by atoms with Crippen molar-refractivity contribution in [3.05, 3.63) is 0 Å². The molecular weight excluding hydrogens is 362 g/mol. The van der Waals surface area contributed by atoms with E-state index in [0.717, 1.165) is 25.7 Å². The Hall–Kier alpha value is -2.16. The van der Waals surface area contributed by atoms with E-state index in [1.165, 1.54) is 13.8 Å². The summed E-state index contributed by atoms with van der Waals surface area (Å²) in [4.78, 5) is 48.6. The zero-order valence-corrected chi connectivity index (χ0v) is 17.3. The van der Waals surface area contributed by atoms with Crippen molar-refractivity contribution in [1.82, 2.24) is 26.2 Å². The third kappa shape index (κ3) is 9.68. The van der Waals surface area contributed by atoms with Crippen LogP contribution in [0.25, 0.3) is 0 Å². The molecule has 1 rings (SSSR count). The van der Waals surface area contributed by atoms with Crippen LogP contribution in [0.3, 0.4) is 0 Å². The Morgan fingerprint density at radius 2 is 1.00 bits per heavy atom. The molecule has 4 N–H and O–H groups in total. The van der Waals surface area contributed by atoms with Gasteiger partial charge in [-0.1, -0.05) is 0 Å². The van der Waals surface area contributed by atoms with Crippen LogP contribution in [0.5, 0.6) is 0 Å². The lowest BCUT2D eigenvalue weighted by Gasteiger charge is -2.18. The van der Waals surface area contributed by atoms with Gasteiger partial charge in [-0.2, -0.15) is 0 Å². The second-order valence-corrected chi connectivity index (χ2v) is 7.40. The zero-order chi connectivity index (χ0) is 20.9. The molecule has 0 unspecified atom stereocenters. The van der Waals surface area contributed by atoms with E-state index in [1.807, 2.05) is 11.9 Å². The fourth-order valence-corrected chi connectivity index (χ4v) is 3.25. The Bertz CT molecular complexity index is 494. The van der Waals surface area contributed by atoms with E-state index >= 15 is 0 Å². The van der Waals surface area contributed by atoms with Crippen molar-refractivity contribution in [1.29, 1.82) is 0 Å². The highest BCUT2D eigenvalue weighted by molar-refractivity contribution is 5.88. The van der Waals surface area contributed by atoms with Crippen LogP contribution in [0.1, 0.15) is 39.5 Å². The molecule has 1 saturated heterocycles. The summed E-state index contributed by atoms with van der Waals surface area (Å²) in [6.45, 7) is 6.37. The van der Waals surface area contributed by atoms with E-state index in [0.29, 0.717) is 39.3 Å². The van der Waals surface area contributed by atoms with E-state index in [9.17, 15) is 19.2 Å². The van der Waals surface area contributed by atoms with Crippen molar-refractivity contribution >= 4 is 23.6 Å². The summed E-state index contributed by atoms with van der Waals surface area (Å²) in [6.07, 6.45) is 3.15. The van der Waals surface area contributed by atoms with Gasteiger partial charge in [-0.3, -0.25) is 19.2 Å². The topological polar surface area (TPSA) is 120 Å². The van der Waals surface area contributed by atoms with Crippen LogP contribution in [-0.2, 0) is 19.2 Å². The number of unbranched alkanes of at least 4 members (excludes halogenated alkanes) is 2. The molecule has 0 aliphatic carbocycles. The Kier molecular flexibility index (Phi) is 11.2. The molecule has 9 nitrogen and oxygen atoms in total. The summed E-state index contributed by atoms with van der Waals surface area (Å²) < 4.78 is 0. The lowest BCUT2D eigenvalue weighted by atomic mass is 9.94. The normalized spacial score (nSPS) is 19.1. The number of amides is 4. The summed E-state index contributed by atoms with van der Waals surface area (Å²) >= 11 is 0. The van der Waals surface area contributed by atoms with Crippen molar-refractivity contribution in [3.8, 4) is 0 Å². The molecule has 1 aliphatic heterocycles. The third-order valence-electron chi connectivity index (χ3n) is 4.73. The van der Waals surface area contributed by atoms with Gasteiger partial charge >= 0.3 is 0 Å². The summed E-state index contributed by atoms with van der Waals surface area (Å²) in [5, 5.41) is 11.3. The molecule has 4 amide bonds. The average Bonchev–Trinajstić information content (AvgIpc) is 3.02. The third-order valence-corrected chi connectivity index (χ3v) is 4.73. The van der Waals surface area contributed by atoms with Crippen LogP contribution < -0.4 is 21.3 Å². The van der Waals surface area contributed by atoms with Crippen LogP contribution in [0.4, 0.5) is 0 Å². The fraction of sp³-hybridized carbons (Fsp3) is 0.789. The van der Waals surface area contributed by atoms with Gasteiger partial charge in [-0.05, 0) is 32.7 Å². The molecule has 2 atom stereocenters. The van der Waals surface area contributed by atoms with Crippen molar-refractivity contribution < 1.29 is 19.2 Å². The first-order valence-corrected chi connectivity index (χ1v) is 10.0. The second-order valence-electron chi connectivity index (χ2n) is 7.40. The van der Waals surface area contributed by atoms with Crippen molar-refractivity contribution in [3.63, 3.8) is 0 Å². The number of carbonyl (C=O) groups excluding carboxylic acids is 4. The van der Waals surface area contributed by atoms with E-state index in [4.69, 9.17) is 0 Å². The molecule has 1 fully saturated rings. The van der Waals surface area contributed by atoms with Crippen molar-refractivity contribution in [2.75, 3.05) is 46.3 Å². The molecule has 0 radical (unpaired) electrons. The molecular formula is C19H35N5O4. The maximum absolute atomic E-state index is 12.5. The number of carbonyl (C=O) groups is 4. The average molecular weight is 398 g/mol. The number of nitrogens with one attached hydrogen (secondary N) is 4. The van der Waals surface area contributed by atoms with Crippen LogP contribution in [0, 0.1) is 11.8 Å². The highest BCUT2D eigenvalue weighted by atomic mass is 16.2. The van der Waals surface area contributed by atoms with Crippen molar-refractivity contribution in [2.24, 2.45) is 11.8 Å². The second kappa shape index (κ2) is 13.1. The van der Waals surface area contributed by atoms with Gasteiger partial charge in [0.25, 0.3) is 0 Å². The maximum atomic E-state index is 12.5. The van der Waals surface area contributed by atoms with E-state index in [1.54, 1.807) is 0 Å². The Morgan fingerprint density at radius 1 is 0.679 bits per heavy atom. The van der Waals surface area contributed by atoms with Gasteiger partial charge in [0.05, 0.1) is 11.8 Å². The molecule has 0 aromatic heterocycles. The van der Waals surface area contributed by atoms with Gasteiger partial charge in [0.15, 0.2) is 0 Å². The Morgan fingerprint density at radius 3 is 1.32 bits per heavy atom. The smallest absolute Gasteiger partial charge is 0.225 e. The SMILES string of the molecule is CC(=O)NCCCCNC(=O)[C@@H]1CN(C)C[C@H]1C(=O)NCCCCNC(C)=O. The first-order chi connectivity index (χ1) is 13.3. The van der Waals surface area contributed by atoms with Crippen molar-refractivity contribution in [2.45, 2.75) is 39.5 Å².